The molecule has 0 bridgehead atoms. The Hall–Kier alpha value is -1.35. The zero-order valence-corrected chi connectivity index (χ0v) is 12.8. The molecule has 0 radical (unpaired) electrons. The van der Waals surface area contributed by atoms with Crippen molar-refractivity contribution in [1.82, 2.24) is 14.5 Å². The summed E-state index contributed by atoms with van der Waals surface area (Å²) >= 11 is 0. The Morgan fingerprint density at radius 1 is 1.16 bits per heavy atom. The summed E-state index contributed by atoms with van der Waals surface area (Å²) in [6.07, 6.45) is 1.01. The summed E-state index contributed by atoms with van der Waals surface area (Å²) in [5.74, 6) is 1.20. The second kappa shape index (κ2) is 5.33. The molecule has 0 aliphatic rings. The van der Waals surface area contributed by atoms with Crippen molar-refractivity contribution >= 4 is 11.0 Å². The van der Waals surface area contributed by atoms with Crippen LogP contribution in [0.25, 0.3) is 11.0 Å². The van der Waals surface area contributed by atoms with E-state index in [1.54, 1.807) is 0 Å². The van der Waals surface area contributed by atoms with Gasteiger partial charge in [-0.3, -0.25) is 0 Å². The lowest BCUT2D eigenvalue weighted by molar-refractivity contribution is 0.365. The maximum atomic E-state index is 4.82. The van der Waals surface area contributed by atoms with Crippen LogP contribution < -0.4 is 0 Å². The summed E-state index contributed by atoms with van der Waals surface area (Å²) in [6, 6.07) is 8.43. The van der Waals surface area contributed by atoms with Crippen molar-refractivity contribution in [3.05, 3.63) is 30.1 Å². The number of aromatic nitrogens is 2. The van der Waals surface area contributed by atoms with Crippen molar-refractivity contribution in [3.8, 4) is 0 Å². The fraction of sp³-hybridized carbons (Fsp3) is 0.562. The number of likely N-dealkylation sites (N-methyl/N-ethyl adjacent to an activating group) is 1. The monoisotopic (exact) mass is 259 g/mol. The molecule has 0 aliphatic heterocycles. The molecule has 0 spiro atoms. The molecule has 1 heterocycles. The normalized spacial score (nSPS) is 12.5. The van der Waals surface area contributed by atoms with E-state index in [-0.39, 0.29) is 5.41 Å². The van der Waals surface area contributed by atoms with Crippen LogP contribution in [-0.4, -0.2) is 35.1 Å². The molecule has 104 valence electrons. The van der Waals surface area contributed by atoms with Crippen molar-refractivity contribution in [1.29, 1.82) is 0 Å². The molecule has 2 rings (SSSR count). The molecule has 0 aliphatic carbocycles. The minimum Gasteiger partial charge on any atom is -0.327 e. The highest BCUT2D eigenvalue weighted by molar-refractivity contribution is 5.75. The number of fused-ring (bicyclic) bond motifs is 1. The van der Waals surface area contributed by atoms with E-state index in [4.69, 9.17) is 4.98 Å². The molecule has 1 aromatic carbocycles. The van der Waals surface area contributed by atoms with E-state index in [0.29, 0.717) is 0 Å². The molecule has 2 aromatic rings. The molecule has 19 heavy (non-hydrogen) atoms. The number of para-hydroxylation sites is 2. The van der Waals surface area contributed by atoms with E-state index >= 15 is 0 Å². The molecule has 0 fully saturated rings. The Morgan fingerprint density at radius 3 is 2.47 bits per heavy atom. The van der Waals surface area contributed by atoms with E-state index in [2.05, 4.69) is 68.6 Å². The van der Waals surface area contributed by atoms with Gasteiger partial charge in [-0.1, -0.05) is 32.9 Å². The second-order valence-corrected chi connectivity index (χ2v) is 6.71. The SMILES string of the molecule is CN(C)CCn1c(CC(C)(C)C)nc2ccccc21. The number of imidazole rings is 1. The molecular weight excluding hydrogens is 234 g/mol. The summed E-state index contributed by atoms with van der Waals surface area (Å²) in [4.78, 5) is 7.04. The number of rotatable bonds is 4. The molecule has 3 nitrogen and oxygen atoms in total. The highest BCUT2D eigenvalue weighted by Crippen LogP contribution is 2.23. The van der Waals surface area contributed by atoms with Crippen LogP contribution in [0.5, 0.6) is 0 Å². The number of hydrogen-bond acceptors (Lipinski definition) is 2. The third-order valence-corrected chi connectivity index (χ3v) is 3.19. The van der Waals surface area contributed by atoms with Gasteiger partial charge >= 0.3 is 0 Å². The fourth-order valence-electron chi connectivity index (χ4n) is 2.28. The van der Waals surface area contributed by atoms with Crippen LogP contribution in [-0.2, 0) is 13.0 Å². The molecule has 1 aromatic heterocycles. The van der Waals surface area contributed by atoms with Crippen LogP contribution in [0.1, 0.15) is 26.6 Å². The van der Waals surface area contributed by atoms with Crippen molar-refractivity contribution < 1.29 is 0 Å². The van der Waals surface area contributed by atoms with Gasteiger partial charge in [0.05, 0.1) is 11.0 Å². The van der Waals surface area contributed by atoms with Gasteiger partial charge in [-0.15, -0.1) is 0 Å². The standard InChI is InChI=1S/C16H25N3/c1-16(2,3)12-15-17-13-8-6-7-9-14(13)19(15)11-10-18(4)5/h6-9H,10-12H2,1-5H3. The second-order valence-electron chi connectivity index (χ2n) is 6.71. The van der Waals surface area contributed by atoms with Gasteiger partial charge in [-0.05, 0) is 31.6 Å². The van der Waals surface area contributed by atoms with Crippen molar-refractivity contribution in [3.63, 3.8) is 0 Å². The highest BCUT2D eigenvalue weighted by atomic mass is 15.1. The predicted molar refractivity (Wildman–Crippen MR) is 81.4 cm³/mol. The first-order valence-electron chi connectivity index (χ1n) is 6.96. The maximum Gasteiger partial charge on any atom is 0.110 e. The van der Waals surface area contributed by atoms with Gasteiger partial charge in [0.25, 0.3) is 0 Å². The summed E-state index contributed by atoms with van der Waals surface area (Å²) < 4.78 is 2.38. The van der Waals surface area contributed by atoms with Gasteiger partial charge in [0.2, 0.25) is 0 Å². The fourth-order valence-corrected chi connectivity index (χ4v) is 2.28. The molecule has 0 unspecified atom stereocenters. The van der Waals surface area contributed by atoms with Crippen LogP contribution in [0.15, 0.2) is 24.3 Å². The van der Waals surface area contributed by atoms with Gasteiger partial charge in [-0.2, -0.15) is 0 Å². The Bertz CT molecular complexity index is 547. The molecule has 3 heteroatoms. The minimum atomic E-state index is 0.261. The van der Waals surface area contributed by atoms with E-state index in [0.717, 1.165) is 25.0 Å². The van der Waals surface area contributed by atoms with E-state index < -0.39 is 0 Å². The zero-order valence-electron chi connectivity index (χ0n) is 12.8. The van der Waals surface area contributed by atoms with Crippen LogP contribution in [0, 0.1) is 5.41 Å². The maximum absolute atomic E-state index is 4.82. The average molecular weight is 259 g/mol. The predicted octanol–water partition coefficient (Wildman–Crippen LogP) is 3.19. The third kappa shape index (κ3) is 3.57. The van der Waals surface area contributed by atoms with E-state index in [1.165, 1.54) is 11.3 Å². The Morgan fingerprint density at radius 2 is 1.84 bits per heavy atom. The van der Waals surface area contributed by atoms with Gasteiger partial charge in [0.1, 0.15) is 5.82 Å². The van der Waals surface area contributed by atoms with Crippen molar-refractivity contribution in [2.24, 2.45) is 5.41 Å². The lowest BCUT2D eigenvalue weighted by atomic mass is 9.92. The topological polar surface area (TPSA) is 21.1 Å². The van der Waals surface area contributed by atoms with E-state index in [1.807, 2.05) is 0 Å². The Labute approximate surface area is 116 Å². The Kier molecular flexibility index (Phi) is 3.95. The average Bonchev–Trinajstić information content (AvgIpc) is 2.61. The number of nitrogens with zero attached hydrogens (tertiary/aromatic N) is 3. The number of hydrogen-bond donors (Lipinski definition) is 0. The van der Waals surface area contributed by atoms with Crippen LogP contribution in [0.3, 0.4) is 0 Å². The van der Waals surface area contributed by atoms with Gasteiger partial charge in [0, 0.05) is 19.5 Å². The summed E-state index contributed by atoms with van der Waals surface area (Å²) in [7, 11) is 4.23. The third-order valence-electron chi connectivity index (χ3n) is 3.19. The molecule has 0 atom stereocenters. The first-order chi connectivity index (χ1) is 8.87. The molecule has 0 N–H and O–H groups in total. The minimum absolute atomic E-state index is 0.261. The number of benzene rings is 1. The van der Waals surface area contributed by atoms with Crippen molar-refractivity contribution in [2.75, 3.05) is 20.6 Å². The summed E-state index contributed by atoms with van der Waals surface area (Å²) in [5.41, 5.74) is 2.63. The Balaban J connectivity index is 2.40. The zero-order chi connectivity index (χ0) is 14.0. The lowest BCUT2D eigenvalue weighted by Gasteiger charge is -2.19. The lowest BCUT2D eigenvalue weighted by Crippen LogP contribution is -2.21. The van der Waals surface area contributed by atoms with Crippen LogP contribution >= 0.6 is 0 Å². The van der Waals surface area contributed by atoms with Gasteiger partial charge in [-0.25, -0.2) is 4.98 Å². The summed E-state index contributed by atoms with van der Waals surface area (Å²) in [5, 5.41) is 0. The van der Waals surface area contributed by atoms with E-state index in [9.17, 15) is 0 Å². The quantitative estimate of drug-likeness (QED) is 0.841. The first-order valence-corrected chi connectivity index (χ1v) is 6.96. The van der Waals surface area contributed by atoms with Gasteiger partial charge in [0.15, 0.2) is 0 Å². The largest absolute Gasteiger partial charge is 0.327 e. The molecule has 0 saturated carbocycles. The molecular formula is C16H25N3. The smallest absolute Gasteiger partial charge is 0.110 e. The van der Waals surface area contributed by atoms with Gasteiger partial charge < -0.3 is 9.47 Å². The van der Waals surface area contributed by atoms with Crippen molar-refractivity contribution in [2.45, 2.75) is 33.7 Å². The molecule has 0 saturated heterocycles. The van der Waals surface area contributed by atoms with Crippen LogP contribution in [0.4, 0.5) is 0 Å². The highest BCUT2D eigenvalue weighted by Gasteiger charge is 2.17. The molecule has 0 amide bonds. The first kappa shape index (κ1) is 14.1. The summed E-state index contributed by atoms with van der Waals surface area (Å²) in [6.45, 7) is 8.84. The van der Waals surface area contributed by atoms with Crippen LogP contribution in [0.2, 0.25) is 0 Å².